The van der Waals surface area contributed by atoms with Gasteiger partial charge in [-0.1, -0.05) is 59.6 Å². The molecule has 0 saturated carbocycles. The molecule has 2 nitrogen and oxygen atoms in total. The van der Waals surface area contributed by atoms with Crippen LogP contribution in [0, 0.1) is 6.92 Å². The summed E-state index contributed by atoms with van der Waals surface area (Å²) in [5, 5.41) is 0.791. The first-order chi connectivity index (χ1) is 10.2. The molecule has 0 bridgehead atoms. The van der Waals surface area contributed by atoms with E-state index in [-0.39, 0.29) is 6.10 Å². The second-order valence-corrected chi connectivity index (χ2v) is 6.01. The molecule has 1 saturated heterocycles. The van der Waals surface area contributed by atoms with E-state index in [4.69, 9.17) is 16.3 Å². The van der Waals surface area contributed by atoms with E-state index in [1.165, 1.54) is 11.1 Å². The first kappa shape index (κ1) is 14.6. The van der Waals surface area contributed by atoms with E-state index < -0.39 is 0 Å². The van der Waals surface area contributed by atoms with Crippen molar-refractivity contribution in [1.82, 2.24) is 4.90 Å². The zero-order chi connectivity index (χ0) is 14.7. The van der Waals surface area contributed by atoms with Gasteiger partial charge in [0.05, 0.1) is 12.7 Å². The molecule has 1 heterocycles. The molecule has 0 spiro atoms. The van der Waals surface area contributed by atoms with Gasteiger partial charge >= 0.3 is 0 Å². The van der Waals surface area contributed by atoms with Crippen molar-refractivity contribution in [3.05, 3.63) is 70.2 Å². The molecule has 0 aliphatic carbocycles. The monoisotopic (exact) mass is 301 g/mol. The zero-order valence-electron chi connectivity index (χ0n) is 12.3. The molecule has 21 heavy (non-hydrogen) atoms. The lowest BCUT2D eigenvalue weighted by atomic mass is 10.1. The maximum Gasteiger partial charge on any atom is 0.0966 e. The zero-order valence-corrected chi connectivity index (χ0v) is 13.0. The van der Waals surface area contributed by atoms with Crippen LogP contribution in [-0.2, 0) is 11.3 Å². The van der Waals surface area contributed by atoms with Gasteiger partial charge in [-0.25, -0.2) is 0 Å². The molecule has 3 heteroatoms. The Morgan fingerprint density at radius 1 is 1.14 bits per heavy atom. The smallest absolute Gasteiger partial charge is 0.0966 e. The quantitative estimate of drug-likeness (QED) is 0.841. The van der Waals surface area contributed by atoms with Crippen LogP contribution in [0.1, 0.15) is 22.8 Å². The van der Waals surface area contributed by atoms with Crippen molar-refractivity contribution in [3.8, 4) is 0 Å². The van der Waals surface area contributed by atoms with Crippen molar-refractivity contribution in [1.29, 1.82) is 0 Å². The Balaban J connectivity index is 1.68. The van der Waals surface area contributed by atoms with Crippen LogP contribution in [0.25, 0.3) is 0 Å². The van der Waals surface area contributed by atoms with Crippen molar-refractivity contribution in [2.75, 3.05) is 19.7 Å². The molecule has 1 unspecified atom stereocenters. The molecular formula is C18H20ClNO. The number of benzene rings is 2. The minimum Gasteiger partial charge on any atom is -0.371 e. The van der Waals surface area contributed by atoms with Gasteiger partial charge in [0.15, 0.2) is 0 Å². The van der Waals surface area contributed by atoms with Crippen molar-refractivity contribution in [3.63, 3.8) is 0 Å². The molecule has 3 rings (SSSR count). The Bertz CT molecular complexity index is 596. The van der Waals surface area contributed by atoms with Gasteiger partial charge < -0.3 is 4.74 Å². The Labute approximate surface area is 131 Å². The van der Waals surface area contributed by atoms with E-state index >= 15 is 0 Å². The molecule has 1 aliphatic heterocycles. The summed E-state index contributed by atoms with van der Waals surface area (Å²) in [5.41, 5.74) is 3.74. The van der Waals surface area contributed by atoms with Crippen LogP contribution in [0.5, 0.6) is 0 Å². The standard InChI is InChI=1S/C18H20ClNO/c1-14-6-8-15(9-7-14)12-20-10-11-21-18(13-20)16-4-2-3-5-17(16)19/h2-9,18H,10-13H2,1H3. The summed E-state index contributed by atoms with van der Waals surface area (Å²) in [7, 11) is 0. The van der Waals surface area contributed by atoms with E-state index in [0.717, 1.165) is 36.8 Å². The van der Waals surface area contributed by atoms with Crippen molar-refractivity contribution >= 4 is 11.6 Å². The number of morpholine rings is 1. The fourth-order valence-electron chi connectivity index (χ4n) is 2.72. The molecule has 2 aromatic carbocycles. The highest BCUT2D eigenvalue weighted by Gasteiger charge is 2.23. The van der Waals surface area contributed by atoms with Crippen molar-refractivity contribution in [2.24, 2.45) is 0 Å². The largest absolute Gasteiger partial charge is 0.371 e. The van der Waals surface area contributed by atoms with Crippen LogP contribution in [0.3, 0.4) is 0 Å². The van der Waals surface area contributed by atoms with Gasteiger partial charge in [0.2, 0.25) is 0 Å². The third-order valence-corrected chi connectivity index (χ3v) is 4.27. The van der Waals surface area contributed by atoms with Gasteiger partial charge in [0.25, 0.3) is 0 Å². The van der Waals surface area contributed by atoms with E-state index in [0.29, 0.717) is 0 Å². The molecular weight excluding hydrogens is 282 g/mol. The fourth-order valence-corrected chi connectivity index (χ4v) is 2.98. The third kappa shape index (κ3) is 3.65. The highest BCUT2D eigenvalue weighted by atomic mass is 35.5. The SMILES string of the molecule is Cc1ccc(CN2CCOC(c3ccccc3Cl)C2)cc1. The average molecular weight is 302 g/mol. The summed E-state index contributed by atoms with van der Waals surface area (Å²) >= 11 is 6.28. The van der Waals surface area contributed by atoms with Gasteiger partial charge in [-0.15, -0.1) is 0 Å². The van der Waals surface area contributed by atoms with Gasteiger partial charge in [-0.3, -0.25) is 4.90 Å². The minimum absolute atomic E-state index is 0.0675. The summed E-state index contributed by atoms with van der Waals surface area (Å²) in [5.74, 6) is 0. The molecule has 2 aromatic rings. The predicted molar refractivity (Wildman–Crippen MR) is 86.6 cm³/mol. The van der Waals surface area contributed by atoms with Crippen LogP contribution < -0.4 is 0 Å². The lowest BCUT2D eigenvalue weighted by molar-refractivity contribution is -0.0328. The number of nitrogens with zero attached hydrogens (tertiary/aromatic N) is 1. The van der Waals surface area contributed by atoms with Crippen LogP contribution in [0.2, 0.25) is 5.02 Å². The summed E-state index contributed by atoms with van der Waals surface area (Å²) in [6, 6.07) is 16.7. The average Bonchev–Trinajstić information content (AvgIpc) is 2.50. The van der Waals surface area contributed by atoms with Crippen LogP contribution in [0.15, 0.2) is 48.5 Å². The Hall–Kier alpha value is -1.35. The van der Waals surface area contributed by atoms with Crippen molar-refractivity contribution < 1.29 is 4.74 Å². The molecule has 1 aliphatic rings. The molecule has 110 valence electrons. The first-order valence-corrected chi connectivity index (χ1v) is 7.74. The second-order valence-electron chi connectivity index (χ2n) is 5.60. The molecule has 1 atom stereocenters. The first-order valence-electron chi connectivity index (χ1n) is 7.36. The normalized spacial score (nSPS) is 19.6. The molecule has 0 aromatic heterocycles. The van der Waals surface area contributed by atoms with Crippen molar-refractivity contribution in [2.45, 2.75) is 19.6 Å². The fraction of sp³-hybridized carbons (Fsp3) is 0.333. The molecule has 0 amide bonds. The second kappa shape index (κ2) is 6.61. The number of halogens is 1. The topological polar surface area (TPSA) is 12.5 Å². The summed E-state index contributed by atoms with van der Waals surface area (Å²) in [6.07, 6.45) is 0.0675. The van der Waals surface area contributed by atoms with Crippen LogP contribution >= 0.6 is 11.6 Å². The maximum atomic E-state index is 6.28. The van der Waals surface area contributed by atoms with Crippen LogP contribution in [-0.4, -0.2) is 24.6 Å². The number of hydrogen-bond donors (Lipinski definition) is 0. The Morgan fingerprint density at radius 2 is 1.90 bits per heavy atom. The number of aryl methyl sites for hydroxylation is 1. The maximum absolute atomic E-state index is 6.28. The van der Waals surface area contributed by atoms with E-state index in [9.17, 15) is 0 Å². The lowest BCUT2D eigenvalue weighted by Crippen LogP contribution is -2.37. The molecule has 0 N–H and O–H groups in total. The third-order valence-electron chi connectivity index (χ3n) is 3.93. The number of ether oxygens (including phenoxy) is 1. The Morgan fingerprint density at radius 3 is 2.67 bits per heavy atom. The lowest BCUT2D eigenvalue weighted by Gasteiger charge is -2.33. The van der Waals surface area contributed by atoms with E-state index in [1.54, 1.807) is 0 Å². The summed E-state index contributed by atoms with van der Waals surface area (Å²) < 4.78 is 5.91. The van der Waals surface area contributed by atoms with Gasteiger partial charge in [0.1, 0.15) is 0 Å². The summed E-state index contributed by atoms with van der Waals surface area (Å²) in [4.78, 5) is 2.43. The minimum atomic E-state index is 0.0675. The Kier molecular flexibility index (Phi) is 4.59. The van der Waals surface area contributed by atoms with E-state index in [1.807, 2.05) is 18.2 Å². The molecule has 1 fully saturated rings. The highest BCUT2D eigenvalue weighted by molar-refractivity contribution is 6.31. The summed E-state index contributed by atoms with van der Waals surface area (Å²) in [6.45, 7) is 5.69. The van der Waals surface area contributed by atoms with Gasteiger partial charge in [-0.05, 0) is 18.6 Å². The molecule has 0 radical (unpaired) electrons. The number of rotatable bonds is 3. The predicted octanol–water partition coefficient (Wildman–Crippen LogP) is 4.22. The van der Waals surface area contributed by atoms with Crippen LogP contribution in [0.4, 0.5) is 0 Å². The van der Waals surface area contributed by atoms with Gasteiger partial charge in [0, 0.05) is 30.2 Å². The number of hydrogen-bond acceptors (Lipinski definition) is 2. The van der Waals surface area contributed by atoms with Gasteiger partial charge in [-0.2, -0.15) is 0 Å². The van der Waals surface area contributed by atoms with E-state index in [2.05, 4.69) is 42.2 Å². The highest BCUT2D eigenvalue weighted by Crippen LogP contribution is 2.28.